The lowest BCUT2D eigenvalue weighted by atomic mass is 10.2. The number of nitrogens with one attached hydrogen (secondary N) is 1. The highest BCUT2D eigenvalue weighted by Crippen LogP contribution is 2.18. The largest absolute Gasteiger partial charge is 0.476 e. The predicted octanol–water partition coefficient (Wildman–Crippen LogP) is 2.34. The highest BCUT2D eigenvalue weighted by molar-refractivity contribution is 7.09. The number of urea groups is 1. The minimum Gasteiger partial charge on any atom is -0.476 e. The van der Waals surface area contributed by atoms with Crippen LogP contribution < -0.4 is 5.32 Å². The number of thiazole rings is 1. The molecule has 0 bridgehead atoms. The van der Waals surface area contributed by atoms with Crippen LogP contribution in [-0.2, 0) is 0 Å². The average Bonchev–Trinajstić information content (AvgIpc) is 2.86. The third kappa shape index (κ3) is 3.92. The highest BCUT2D eigenvalue weighted by atomic mass is 32.1. The van der Waals surface area contributed by atoms with Gasteiger partial charge in [-0.15, -0.1) is 11.3 Å². The molecule has 7 heteroatoms. The lowest BCUT2D eigenvalue weighted by molar-refractivity contribution is 0.0691. The molecule has 0 aromatic carbocycles. The van der Waals surface area contributed by atoms with E-state index in [1.807, 2.05) is 13.8 Å². The first-order valence-electron chi connectivity index (χ1n) is 6.08. The summed E-state index contributed by atoms with van der Waals surface area (Å²) >= 11 is 1.23. The molecule has 0 spiro atoms. The quantitative estimate of drug-likeness (QED) is 0.870. The topological polar surface area (TPSA) is 82.5 Å². The first kappa shape index (κ1) is 15.4. The Balaban J connectivity index is 2.65. The zero-order chi connectivity index (χ0) is 14.6. The molecule has 19 heavy (non-hydrogen) atoms. The first-order chi connectivity index (χ1) is 8.86. The molecule has 0 radical (unpaired) electrons. The van der Waals surface area contributed by atoms with Crippen LogP contribution in [0.1, 0.15) is 48.7 Å². The minimum absolute atomic E-state index is 0.0105. The fraction of sp³-hybridized carbons (Fsp3) is 0.583. The van der Waals surface area contributed by atoms with Crippen molar-refractivity contribution >= 4 is 23.3 Å². The van der Waals surface area contributed by atoms with E-state index in [9.17, 15) is 9.59 Å². The number of aromatic nitrogens is 1. The number of rotatable bonds is 5. The molecule has 1 aromatic heterocycles. The summed E-state index contributed by atoms with van der Waals surface area (Å²) in [4.78, 5) is 28.3. The maximum absolute atomic E-state index is 11.9. The van der Waals surface area contributed by atoms with E-state index < -0.39 is 5.97 Å². The van der Waals surface area contributed by atoms with Crippen molar-refractivity contribution in [2.75, 3.05) is 7.05 Å². The molecule has 0 fully saturated rings. The van der Waals surface area contributed by atoms with E-state index >= 15 is 0 Å². The zero-order valence-corrected chi connectivity index (χ0v) is 12.3. The molecule has 2 unspecified atom stereocenters. The van der Waals surface area contributed by atoms with Gasteiger partial charge in [0.25, 0.3) is 0 Å². The van der Waals surface area contributed by atoms with Crippen LogP contribution in [0.5, 0.6) is 0 Å². The molecule has 2 amide bonds. The highest BCUT2D eigenvalue weighted by Gasteiger charge is 2.19. The van der Waals surface area contributed by atoms with E-state index in [0.29, 0.717) is 5.01 Å². The van der Waals surface area contributed by atoms with Crippen molar-refractivity contribution in [2.24, 2.45) is 0 Å². The number of hydrogen-bond donors (Lipinski definition) is 2. The van der Waals surface area contributed by atoms with Crippen molar-refractivity contribution < 1.29 is 14.7 Å². The number of carbonyl (C=O) groups is 2. The average molecular weight is 285 g/mol. The molecule has 0 aliphatic rings. The van der Waals surface area contributed by atoms with Gasteiger partial charge in [0.1, 0.15) is 5.01 Å². The summed E-state index contributed by atoms with van der Waals surface area (Å²) in [5.74, 6) is -1.06. The number of carbonyl (C=O) groups excluding carboxylic acids is 1. The van der Waals surface area contributed by atoms with Crippen LogP contribution in [0.2, 0.25) is 0 Å². The number of amides is 2. The van der Waals surface area contributed by atoms with Crippen molar-refractivity contribution in [3.8, 4) is 0 Å². The predicted molar refractivity (Wildman–Crippen MR) is 73.5 cm³/mol. The summed E-state index contributed by atoms with van der Waals surface area (Å²) in [6.07, 6.45) is 0.874. The second-order valence-electron chi connectivity index (χ2n) is 4.42. The number of hydrogen-bond acceptors (Lipinski definition) is 4. The molecule has 106 valence electrons. The first-order valence-corrected chi connectivity index (χ1v) is 6.96. The van der Waals surface area contributed by atoms with Gasteiger partial charge in [-0.1, -0.05) is 6.92 Å². The van der Waals surface area contributed by atoms with Gasteiger partial charge in [0.2, 0.25) is 0 Å². The normalized spacial score (nSPS) is 13.7. The molecule has 0 saturated carbocycles. The molecule has 0 saturated heterocycles. The number of carboxylic acid groups (broad SMARTS) is 1. The van der Waals surface area contributed by atoms with Crippen molar-refractivity contribution in [1.82, 2.24) is 15.2 Å². The molecule has 0 aliphatic heterocycles. The van der Waals surface area contributed by atoms with Gasteiger partial charge in [0.05, 0.1) is 6.04 Å². The van der Waals surface area contributed by atoms with E-state index in [0.717, 1.165) is 6.42 Å². The standard InChI is InChI=1S/C12H19N3O3S/c1-5-7(2)15(4)12(18)13-8(3)10-14-9(6-19-10)11(16)17/h6-8H,5H2,1-4H3,(H,13,18)(H,16,17). The van der Waals surface area contributed by atoms with Gasteiger partial charge >= 0.3 is 12.0 Å². The Kier molecular flexibility index (Phi) is 5.29. The summed E-state index contributed by atoms with van der Waals surface area (Å²) in [6, 6.07) is -0.343. The van der Waals surface area contributed by atoms with Crippen LogP contribution in [0.25, 0.3) is 0 Å². The number of aromatic carboxylic acids is 1. The summed E-state index contributed by atoms with van der Waals surface area (Å²) < 4.78 is 0. The van der Waals surface area contributed by atoms with Crippen molar-refractivity contribution in [1.29, 1.82) is 0 Å². The summed E-state index contributed by atoms with van der Waals surface area (Å²) in [7, 11) is 1.74. The van der Waals surface area contributed by atoms with Crippen LogP contribution in [-0.4, -0.2) is 40.1 Å². The minimum atomic E-state index is -1.06. The van der Waals surface area contributed by atoms with Crippen LogP contribution in [0.15, 0.2) is 5.38 Å². The van der Waals surface area contributed by atoms with Crippen LogP contribution in [0, 0.1) is 0 Å². The Morgan fingerprint density at radius 1 is 1.53 bits per heavy atom. The maximum Gasteiger partial charge on any atom is 0.355 e. The smallest absolute Gasteiger partial charge is 0.355 e. The van der Waals surface area contributed by atoms with Crippen molar-refractivity contribution in [2.45, 2.75) is 39.3 Å². The third-order valence-corrected chi connectivity index (χ3v) is 4.05. The second kappa shape index (κ2) is 6.51. The van der Waals surface area contributed by atoms with Crippen LogP contribution in [0.3, 0.4) is 0 Å². The number of nitrogens with zero attached hydrogens (tertiary/aromatic N) is 2. The molecule has 2 N–H and O–H groups in total. The lowest BCUT2D eigenvalue weighted by Gasteiger charge is -2.25. The Morgan fingerprint density at radius 3 is 2.63 bits per heavy atom. The van der Waals surface area contributed by atoms with Gasteiger partial charge in [0, 0.05) is 18.5 Å². The van der Waals surface area contributed by atoms with E-state index in [-0.39, 0.29) is 23.8 Å². The molecular formula is C12H19N3O3S. The monoisotopic (exact) mass is 285 g/mol. The van der Waals surface area contributed by atoms with E-state index in [1.165, 1.54) is 16.7 Å². The van der Waals surface area contributed by atoms with Gasteiger partial charge in [-0.25, -0.2) is 14.6 Å². The lowest BCUT2D eigenvalue weighted by Crippen LogP contribution is -2.43. The molecule has 6 nitrogen and oxygen atoms in total. The molecule has 1 rings (SSSR count). The molecule has 1 heterocycles. The Morgan fingerprint density at radius 2 is 2.16 bits per heavy atom. The zero-order valence-electron chi connectivity index (χ0n) is 11.5. The maximum atomic E-state index is 11.9. The van der Waals surface area contributed by atoms with E-state index in [4.69, 9.17) is 5.11 Å². The fourth-order valence-corrected chi connectivity index (χ4v) is 2.21. The van der Waals surface area contributed by atoms with Crippen LogP contribution in [0.4, 0.5) is 4.79 Å². The van der Waals surface area contributed by atoms with Gasteiger partial charge in [-0.05, 0) is 20.3 Å². The Labute approximate surface area is 116 Å². The molecular weight excluding hydrogens is 266 g/mol. The second-order valence-corrected chi connectivity index (χ2v) is 5.31. The third-order valence-electron chi connectivity index (χ3n) is 3.02. The number of carboxylic acids is 1. The Hall–Kier alpha value is -1.63. The van der Waals surface area contributed by atoms with Gasteiger partial charge < -0.3 is 15.3 Å². The van der Waals surface area contributed by atoms with Gasteiger partial charge in [0.15, 0.2) is 5.69 Å². The van der Waals surface area contributed by atoms with E-state index in [2.05, 4.69) is 10.3 Å². The fourth-order valence-electron chi connectivity index (χ4n) is 1.41. The Bertz CT molecular complexity index is 461. The van der Waals surface area contributed by atoms with Gasteiger partial charge in [-0.2, -0.15) is 0 Å². The molecule has 2 atom stereocenters. The van der Waals surface area contributed by atoms with Crippen molar-refractivity contribution in [3.63, 3.8) is 0 Å². The summed E-state index contributed by atoms with van der Waals surface area (Å²) in [5, 5.41) is 13.7. The molecule has 1 aromatic rings. The summed E-state index contributed by atoms with van der Waals surface area (Å²) in [6.45, 7) is 5.76. The van der Waals surface area contributed by atoms with Crippen LogP contribution >= 0.6 is 11.3 Å². The SMILES string of the molecule is CCC(C)N(C)C(=O)NC(C)c1nc(C(=O)O)cs1. The van der Waals surface area contributed by atoms with E-state index in [1.54, 1.807) is 18.9 Å². The molecule has 0 aliphatic carbocycles. The van der Waals surface area contributed by atoms with Crippen molar-refractivity contribution in [3.05, 3.63) is 16.1 Å². The summed E-state index contributed by atoms with van der Waals surface area (Å²) in [5.41, 5.74) is 0.0105. The van der Waals surface area contributed by atoms with Gasteiger partial charge in [-0.3, -0.25) is 0 Å².